The van der Waals surface area contributed by atoms with Crippen molar-refractivity contribution in [1.29, 1.82) is 0 Å². The van der Waals surface area contributed by atoms with Gasteiger partial charge in [-0.3, -0.25) is 4.79 Å². The zero-order valence-corrected chi connectivity index (χ0v) is 11.9. The maximum Gasteiger partial charge on any atom is 0.331 e. The molecule has 0 fully saturated rings. The molecule has 1 amide bonds. The number of nitrogens with one attached hydrogen (secondary N) is 1. The first kappa shape index (κ1) is 13.3. The summed E-state index contributed by atoms with van der Waals surface area (Å²) in [7, 11) is 0. The Hall–Kier alpha value is -3.41. The summed E-state index contributed by atoms with van der Waals surface area (Å²) in [6.45, 7) is 0. The molecule has 6 heteroatoms. The maximum absolute atomic E-state index is 12.1. The molecule has 0 saturated carbocycles. The summed E-state index contributed by atoms with van der Waals surface area (Å²) >= 11 is 0. The molecule has 0 spiro atoms. The van der Waals surface area contributed by atoms with Gasteiger partial charge >= 0.3 is 5.91 Å². The Morgan fingerprint density at radius 2 is 1.87 bits per heavy atom. The van der Waals surface area contributed by atoms with Crippen molar-refractivity contribution in [1.82, 2.24) is 4.98 Å². The van der Waals surface area contributed by atoms with Gasteiger partial charge in [-0.05, 0) is 18.2 Å². The van der Waals surface area contributed by atoms with Gasteiger partial charge in [0.2, 0.25) is 5.88 Å². The smallest absolute Gasteiger partial charge is 0.331 e. The zero-order chi connectivity index (χ0) is 15.8. The molecule has 23 heavy (non-hydrogen) atoms. The van der Waals surface area contributed by atoms with Crippen molar-refractivity contribution in [3.63, 3.8) is 0 Å². The molecular weight excluding hydrogens is 294 g/mol. The zero-order valence-electron chi connectivity index (χ0n) is 11.9. The van der Waals surface area contributed by atoms with E-state index < -0.39 is 5.91 Å². The van der Waals surface area contributed by atoms with Crippen LogP contribution in [-0.4, -0.2) is 16.0 Å². The molecule has 4 aromatic rings. The van der Waals surface area contributed by atoms with E-state index >= 15 is 0 Å². The Morgan fingerprint density at radius 3 is 2.74 bits per heavy atom. The van der Waals surface area contributed by atoms with E-state index in [1.54, 1.807) is 24.3 Å². The molecule has 0 radical (unpaired) electrons. The number of benzene rings is 2. The van der Waals surface area contributed by atoms with Crippen LogP contribution in [0.3, 0.4) is 0 Å². The second-order valence-electron chi connectivity index (χ2n) is 5.02. The minimum absolute atomic E-state index is 0.106. The Labute approximate surface area is 130 Å². The van der Waals surface area contributed by atoms with Crippen molar-refractivity contribution in [2.45, 2.75) is 0 Å². The Balaban J connectivity index is 1.69. The van der Waals surface area contributed by atoms with E-state index in [9.17, 15) is 9.90 Å². The number of amides is 1. The summed E-state index contributed by atoms with van der Waals surface area (Å²) in [4.78, 5) is 14.9. The number of para-hydroxylation sites is 2. The number of H-pyrrole nitrogens is 1. The van der Waals surface area contributed by atoms with Gasteiger partial charge in [0, 0.05) is 10.8 Å². The highest BCUT2D eigenvalue weighted by Crippen LogP contribution is 2.35. The van der Waals surface area contributed by atoms with Gasteiger partial charge in [-0.1, -0.05) is 36.4 Å². The quantitative estimate of drug-likeness (QED) is 0.532. The molecule has 0 saturated heterocycles. The molecule has 6 nitrogen and oxygen atoms in total. The molecule has 0 aliphatic carbocycles. The highest BCUT2D eigenvalue weighted by atomic mass is 16.3. The first-order valence-corrected chi connectivity index (χ1v) is 6.97. The molecule has 0 aliphatic rings. The molecule has 0 bridgehead atoms. The van der Waals surface area contributed by atoms with Crippen LogP contribution in [0.5, 0.6) is 5.88 Å². The lowest BCUT2D eigenvalue weighted by atomic mass is 10.2. The first-order valence-electron chi connectivity index (χ1n) is 6.97. The molecule has 2 aromatic carbocycles. The highest BCUT2D eigenvalue weighted by molar-refractivity contribution is 5.97. The number of aromatic nitrogens is 1. The molecule has 2 N–H and O–H groups in total. The van der Waals surface area contributed by atoms with Crippen LogP contribution in [0.25, 0.3) is 21.9 Å². The Bertz CT molecular complexity index is 1030. The van der Waals surface area contributed by atoms with Crippen molar-refractivity contribution < 1.29 is 14.3 Å². The van der Waals surface area contributed by atoms with Crippen LogP contribution in [0.4, 0.5) is 5.69 Å². The topological polar surface area (TPSA) is 91.0 Å². The Morgan fingerprint density at radius 1 is 1.09 bits per heavy atom. The standard InChI is InChI=1S/C17H11N3O3/c21-16(14-9-10-5-1-4-8-13(10)23-14)20-19-15-11-6-2-3-7-12(11)18-17(15)22/h1-9,18,22H. The summed E-state index contributed by atoms with van der Waals surface area (Å²) in [6, 6.07) is 16.1. The van der Waals surface area contributed by atoms with E-state index in [0.29, 0.717) is 11.0 Å². The predicted molar refractivity (Wildman–Crippen MR) is 85.0 cm³/mol. The Kier molecular flexibility index (Phi) is 2.94. The van der Waals surface area contributed by atoms with E-state index in [1.165, 1.54) is 0 Å². The average Bonchev–Trinajstić information content (AvgIpc) is 3.13. The van der Waals surface area contributed by atoms with Gasteiger partial charge in [0.25, 0.3) is 0 Å². The van der Waals surface area contributed by atoms with E-state index in [0.717, 1.165) is 10.9 Å². The van der Waals surface area contributed by atoms with E-state index in [-0.39, 0.29) is 17.3 Å². The van der Waals surface area contributed by atoms with Gasteiger partial charge < -0.3 is 14.5 Å². The molecular formula is C17H11N3O3. The number of azo groups is 1. The van der Waals surface area contributed by atoms with Gasteiger partial charge in [-0.25, -0.2) is 0 Å². The number of hydrogen-bond donors (Lipinski definition) is 2. The van der Waals surface area contributed by atoms with Gasteiger partial charge in [0.05, 0.1) is 5.52 Å². The van der Waals surface area contributed by atoms with Crippen molar-refractivity contribution in [3.05, 3.63) is 60.4 Å². The first-order chi connectivity index (χ1) is 11.2. The number of aromatic hydroxyl groups is 1. The fourth-order valence-electron chi connectivity index (χ4n) is 2.45. The molecule has 0 unspecified atom stereocenters. The van der Waals surface area contributed by atoms with Gasteiger partial charge in [0.1, 0.15) is 5.58 Å². The van der Waals surface area contributed by atoms with Gasteiger partial charge in [0.15, 0.2) is 11.4 Å². The third kappa shape index (κ3) is 2.26. The maximum atomic E-state index is 12.1. The minimum atomic E-state index is -0.606. The number of carbonyl (C=O) groups is 1. The predicted octanol–water partition coefficient (Wildman–Crippen LogP) is 4.54. The number of aromatic amines is 1. The van der Waals surface area contributed by atoms with E-state index in [1.807, 2.05) is 30.3 Å². The van der Waals surface area contributed by atoms with E-state index in [4.69, 9.17) is 4.42 Å². The molecule has 0 atom stereocenters. The van der Waals surface area contributed by atoms with Crippen molar-refractivity contribution in [2.24, 2.45) is 10.2 Å². The SMILES string of the molecule is O=C(N=Nc1c(O)[nH]c2ccccc12)c1cc2ccccc2o1. The number of nitrogens with zero attached hydrogens (tertiary/aromatic N) is 2. The van der Waals surface area contributed by atoms with Crippen LogP contribution in [0.2, 0.25) is 0 Å². The van der Waals surface area contributed by atoms with Crippen LogP contribution < -0.4 is 0 Å². The molecule has 2 aromatic heterocycles. The second kappa shape index (κ2) is 5.10. The molecule has 0 aliphatic heterocycles. The molecule has 2 heterocycles. The van der Waals surface area contributed by atoms with Crippen molar-refractivity contribution in [3.8, 4) is 5.88 Å². The fourth-order valence-corrected chi connectivity index (χ4v) is 2.45. The summed E-state index contributed by atoms with van der Waals surface area (Å²) in [5, 5.41) is 18.9. The summed E-state index contributed by atoms with van der Waals surface area (Å²) in [5.74, 6) is -0.632. The third-order valence-electron chi connectivity index (χ3n) is 3.54. The van der Waals surface area contributed by atoms with Gasteiger partial charge in [-0.2, -0.15) is 0 Å². The number of rotatable bonds is 2. The second-order valence-corrected chi connectivity index (χ2v) is 5.02. The van der Waals surface area contributed by atoms with Crippen LogP contribution in [0.15, 0.2) is 69.2 Å². The third-order valence-corrected chi connectivity index (χ3v) is 3.54. The average molecular weight is 305 g/mol. The lowest BCUT2D eigenvalue weighted by Gasteiger charge is -1.90. The normalized spacial score (nSPS) is 11.7. The van der Waals surface area contributed by atoms with Crippen molar-refractivity contribution >= 4 is 33.5 Å². The monoisotopic (exact) mass is 305 g/mol. The number of carbonyl (C=O) groups excluding carboxylic acids is 1. The summed E-state index contributed by atoms with van der Waals surface area (Å²) < 4.78 is 5.44. The highest BCUT2D eigenvalue weighted by Gasteiger charge is 2.13. The van der Waals surface area contributed by atoms with E-state index in [2.05, 4.69) is 15.2 Å². The summed E-state index contributed by atoms with van der Waals surface area (Å²) in [6.07, 6.45) is 0. The number of hydrogen-bond acceptors (Lipinski definition) is 4. The lowest BCUT2D eigenvalue weighted by Crippen LogP contribution is -1.89. The summed E-state index contributed by atoms with van der Waals surface area (Å²) in [5.41, 5.74) is 1.56. The minimum Gasteiger partial charge on any atom is -0.493 e. The number of furan rings is 1. The van der Waals surface area contributed by atoms with Crippen LogP contribution in [0, 0.1) is 0 Å². The lowest BCUT2D eigenvalue weighted by molar-refractivity contribution is 0.0970. The van der Waals surface area contributed by atoms with Crippen LogP contribution >= 0.6 is 0 Å². The van der Waals surface area contributed by atoms with Crippen LogP contribution in [-0.2, 0) is 0 Å². The van der Waals surface area contributed by atoms with Gasteiger partial charge in [-0.15, -0.1) is 10.2 Å². The van der Waals surface area contributed by atoms with Crippen molar-refractivity contribution in [2.75, 3.05) is 0 Å². The number of fused-ring (bicyclic) bond motifs is 2. The molecule has 4 rings (SSSR count). The fraction of sp³-hybridized carbons (Fsp3) is 0. The molecule has 112 valence electrons. The largest absolute Gasteiger partial charge is 0.493 e. The van der Waals surface area contributed by atoms with Crippen LogP contribution in [0.1, 0.15) is 10.6 Å².